The summed E-state index contributed by atoms with van der Waals surface area (Å²) in [5.74, 6) is 0.631. The molecular weight excluding hydrogens is 340 g/mol. The zero-order valence-corrected chi connectivity index (χ0v) is 13.9. The highest BCUT2D eigenvalue weighted by atomic mass is 19.3. The van der Waals surface area contributed by atoms with E-state index in [4.69, 9.17) is 5.73 Å². The summed E-state index contributed by atoms with van der Waals surface area (Å²) in [5, 5.41) is 4.18. The first-order valence-corrected chi connectivity index (χ1v) is 7.87. The Morgan fingerprint density at radius 3 is 2.85 bits per heavy atom. The fourth-order valence-corrected chi connectivity index (χ4v) is 3.00. The maximum Gasteiger partial charge on any atom is 0.256 e. The lowest BCUT2D eigenvalue weighted by Gasteiger charge is -2.06. The summed E-state index contributed by atoms with van der Waals surface area (Å²) in [4.78, 5) is 12.9. The van der Waals surface area contributed by atoms with E-state index in [9.17, 15) is 8.78 Å². The largest absolute Gasteiger partial charge is 0.367 e. The van der Waals surface area contributed by atoms with Crippen molar-refractivity contribution < 1.29 is 8.78 Å². The van der Waals surface area contributed by atoms with Gasteiger partial charge in [0.15, 0.2) is 5.65 Å². The van der Waals surface area contributed by atoms with E-state index in [0.29, 0.717) is 28.2 Å². The predicted molar refractivity (Wildman–Crippen MR) is 94.8 cm³/mol. The number of rotatable bonds is 4. The molecule has 0 aliphatic rings. The Balaban J connectivity index is 1.95. The number of hydrogen-bond donors (Lipinski definition) is 1. The average molecular weight is 355 g/mol. The molecule has 0 unspecified atom stereocenters. The Morgan fingerprint density at radius 1 is 1.31 bits per heavy atom. The number of halogens is 2. The first-order valence-electron chi connectivity index (χ1n) is 7.87. The molecule has 2 N–H and O–H groups in total. The number of nitrogens with two attached hydrogens (primary N) is 1. The topological polar surface area (TPSA) is 86.9 Å². The fourth-order valence-electron chi connectivity index (χ4n) is 3.00. The lowest BCUT2D eigenvalue weighted by Crippen LogP contribution is -2.08. The Labute approximate surface area is 146 Å². The third-order valence-electron chi connectivity index (χ3n) is 4.15. The molecule has 0 bridgehead atoms. The highest BCUT2D eigenvalue weighted by molar-refractivity contribution is 5.84. The summed E-state index contributed by atoms with van der Waals surface area (Å²) < 4.78 is 28.9. The van der Waals surface area contributed by atoms with Crippen LogP contribution in [-0.4, -0.2) is 35.6 Å². The van der Waals surface area contributed by atoms with Gasteiger partial charge in [-0.2, -0.15) is 0 Å². The number of fused-ring (bicyclic) bond motifs is 2. The van der Waals surface area contributed by atoms with E-state index in [-0.39, 0.29) is 5.95 Å². The second-order valence-electron chi connectivity index (χ2n) is 5.80. The van der Waals surface area contributed by atoms with Gasteiger partial charge in [-0.3, -0.25) is 0 Å². The van der Waals surface area contributed by atoms with Gasteiger partial charge in [-0.1, -0.05) is 6.58 Å². The quantitative estimate of drug-likeness (QED) is 0.608. The Morgan fingerprint density at radius 2 is 2.12 bits per heavy atom. The minimum absolute atomic E-state index is 0.136. The van der Waals surface area contributed by atoms with Gasteiger partial charge in [-0.05, 0) is 31.2 Å². The molecule has 0 fully saturated rings. The monoisotopic (exact) mass is 355 g/mol. The van der Waals surface area contributed by atoms with E-state index in [1.54, 1.807) is 35.8 Å². The summed E-state index contributed by atoms with van der Waals surface area (Å²) >= 11 is 0. The Hall–Kier alpha value is -3.36. The number of nitrogens with zero attached hydrogens (tertiary/aromatic N) is 6. The van der Waals surface area contributed by atoms with Crippen molar-refractivity contribution in [3.8, 4) is 11.3 Å². The molecule has 0 aliphatic carbocycles. The van der Waals surface area contributed by atoms with Gasteiger partial charge < -0.3 is 10.3 Å². The molecule has 4 aromatic heterocycles. The van der Waals surface area contributed by atoms with Crippen molar-refractivity contribution in [2.75, 3.05) is 5.73 Å². The van der Waals surface area contributed by atoms with E-state index >= 15 is 0 Å². The van der Waals surface area contributed by atoms with Crippen LogP contribution in [0.4, 0.5) is 14.7 Å². The van der Waals surface area contributed by atoms with Crippen LogP contribution in [0.3, 0.4) is 0 Å². The van der Waals surface area contributed by atoms with Crippen LogP contribution in [0.1, 0.15) is 11.5 Å². The molecule has 4 heterocycles. The molecular formula is C17H15F2N7. The summed E-state index contributed by atoms with van der Waals surface area (Å²) in [5.41, 5.74) is 9.42. The van der Waals surface area contributed by atoms with E-state index in [1.165, 1.54) is 4.57 Å². The second-order valence-corrected chi connectivity index (χ2v) is 5.80. The fraction of sp³-hybridized carbons (Fsp3) is 0.176. The highest BCUT2D eigenvalue weighted by Crippen LogP contribution is 2.28. The van der Waals surface area contributed by atoms with Crippen LogP contribution < -0.4 is 5.73 Å². The van der Waals surface area contributed by atoms with Gasteiger partial charge in [0.1, 0.15) is 11.3 Å². The van der Waals surface area contributed by atoms with Gasteiger partial charge in [-0.15, -0.1) is 5.10 Å². The molecule has 7 nitrogen and oxygen atoms in total. The molecule has 0 saturated carbocycles. The zero-order chi connectivity index (χ0) is 18.4. The molecule has 0 saturated heterocycles. The van der Waals surface area contributed by atoms with Crippen molar-refractivity contribution in [3.05, 3.63) is 42.5 Å². The minimum atomic E-state index is -2.49. The van der Waals surface area contributed by atoms with Gasteiger partial charge in [0.25, 0.3) is 6.43 Å². The van der Waals surface area contributed by atoms with Crippen LogP contribution in [-0.2, 0) is 6.54 Å². The number of pyridine rings is 1. The molecule has 4 rings (SSSR count). The van der Waals surface area contributed by atoms with Crippen LogP contribution in [0.5, 0.6) is 0 Å². The molecule has 0 aromatic carbocycles. The Kier molecular flexibility index (Phi) is 3.64. The maximum absolute atomic E-state index is 12.9. The number of alkyl halides is 2. The van der Waals surface area contributed by atoms with Crippen LogP contribution >= 0.6 is 0 Å². The van der Waals surface area contributed by atoms with Crippen LogP contribution in [0.25, 0.3) is 34.0 Å². The molecule has 0 atom stereocenters. The van der Waals surface area contributed by atoms with Gasteiger partial charge in [0.05, 0.1) is 29.6 Å². The van der Waals surface area contributed by atoms with Crippen molar-refractivity contribution in [2.45, 2.75) is 19.9 Å². The number of aromatic nitrogens is 6. The number of nitrogen functional groups attached to an aromatic ring is 1. The minimum Gasteiger partial charge on any atom is -0.367 e. The zero-order valence-electron chi connectivity index (χ0n) is 13.9. The number of imidazole rings is 1. The third-order valence-corrected chi connectivity index (χ3v) is 4.15. The number of aryl methyl sites for hydroxylation is 1. The van der Waals surface area contributed by atoms with Crippen molar-refractivity contribution >= 4 is 28.7 Å². The summed E-state index contributed by atoms with van der Waals surface area (Å²) in [6, 6.07) is 5.41. The van der Waals surface area contributed by atoms with E-state index in [0.717, 1.165) is 11.3 Å². The summed E-state index contributed by atoms with van der Waals surface area (Å²) in [6.07, 6.45) is 0.751. The van der Waals surface area contributed by atoms with Crippen molar-refractivity contribution in [3.63, 3.8) is 0 Å². The standard InChI is InChI=1S/C17H15F2N7/c1-3-10-6-11(14-7-21-17(20)24-26(10)14)12-4-5-13-16(23-12)25(8-15(18)19)9(2)22-13/h3-7,15H,1,8H2,2H3,(H2,20,24). The molecule has 4 aromatic rings. The highest BCUT2D eigenvalue weighted by Gasteiger charge is 2.17. The molecule has 9 heteroatoms. The number of anilines is 1. The first kappa shape index (κ1) is 16.1. The SMILES string of the molecule is C=Cc1cc(-c2ccc3nc(C)n(CC(F)F)c3n2)c2cnc(N)nn12. The maximum atomic E-state index is 12.9. The number of hydrogen-bond acceptors (Lipinski definition) is 5. The van der Waals surface area contributed by atoms with Crippen LogP contribution in [0.15, 0.2) is 31.0 Å². The molecule has 26 heavy (non-hydrogen) atoms. The summed E-state index contributed by atoms with van der Waals surface area (Å²) in [6.45, 7) is 5.01. The smallest absolute Gasteiger partial charge is 0.256 e. The molecule has 0 spiro atoms. The van der Waals surface area contributed by atoms with Crippen molar-refractivity contribution in [2.24, 2.45) is 0 Å². The van der Waals surface area contributed by atoms with E-state index < -0.39 is 13.0 Å². The van der Waals surface area contributed by atoms with Gasteiger partial charge in [0, 0.05) is 5.56 Å². The van der Waals surface area contributed by atoms with Crippen molar-refractivity contribution in [1.29, 1.82) is 0 Å². The third kappa shape index (κ3) is 2.48. The van der Waals surface area contributed by atoms with Crippen LogP contribution in [0, 0.1) is 6.92 Å². The molecule has 0 amide bonds. The normalized spacial score (nSPS) is 11.7. The van der Waals surface area contributed by atoms with Crippen LogP contribution in [0.2, 0.25) is 0 Å². The molecule has 132 valence electrons. The lowest BCUT2D eigenvalue weighted by atomic mass is 10.2. The molecule has 0 radical (unpaired) electrons. The van der Waals surface area contributed by atoms with E-state index in [2.05, 4.69) is 26.6 Å². The molecule has 0 aliphatic heterocycles. The van der Waals surface area contributed by atoms with Crippen molar-refractivity contribution in [1.82, 2.24) is 29.1 Å². The van der Waals surface area contributed by atoms with Gasteiger partial charge in [-0.25, -0.2) is 28.2 Å². The predicted octanol–water partition coefficient (Wildman–Crippen LogP) is 2.94. The second kappa shape index (κ2) is 5.87. The van der Waals surface area contributed by atoms with Gasteiger partial charge >= 0.3 is 0 Å². The van der Waals surface area contributed by atoms with Gasteiger partial charge in [0.2, 0.25) is 5.95 Å². The Bertz CT molecular complexity index is 1140. The van der Waals surface area contributed by atoms with E-state index in [1.807, 2.05) is 6.07 Å². The summed E-state index contributed by atoms with van der Waals surface area (Å²) in [7, 11) is 0. The lowest BCUT2D eigenvalue weighted by molar-refractivity contribution is 0.127. The first-order chi connectivity index (χ1) is 12.5. The average Bonchev–Trinajstić information content (AvgIpc) is 3.11.